The highest BCUT2D eigenvalue weighted by atomic mass is 16.4. The summed E-state index contributed by atoms with van der Waals surface area (Å²) in [7, 11) is 0. The first-order valence-electron chi connectivity index (χ1n) is 6.75. The molecule has 1 aromatic carbocycles. The van der Waals surface area contributed by atoms with Crippen LogP contribution in [0.25, 0.3) is 0 Å². The van der Waals surface area contributed by atoms with Crippen LogP contribution in [0.2, 0.25) is 0 Å². The Kier molecular flexibility index (Phi) is 3.52. The molecular formula is C15H17N3O2. The van der Waals surface area contributed by atoms with E-state index in [1.807, 2.05) is 40.0 Å². The summed E-state index contributed by atoms with van der Waals surface area (Å²) < 4.78 is 1.83. The van der Waals surface area contributed by atoms with Gasteiger partial charge in [-0.2, -0.15) is 5.10 Å². The zero-order chi connectivity index (χ0) is 13.9. The van der Waals surface area contributed by atoms with Crippen LogP contribution in [0.4, 0.5) is 0 Å². The summed E-state index contributed by atoms with van der Waals surface area (Å²) in [6.45, 7) is 2.08. The molecule has 0 fully saturated rings. The molecular weight excluding hydrogens is 254 g/mol. The Bertz CT molecular complexity index is 595. The van der Waals surface area contributed by atoms with Crippen LogP contribution in [0, 0.1) is 0 Å². The minimum Gasteiger partial charge on any atom is -0.480 e. The van der Waals surface area contributed by atoms with Gasteiger partial charge in [-0.25, -0.2) is 0 Å². The molecule has 20 heavy (non-hydrogen) atoms. The highest BCUT2D eigenvalue weighted by Crippen LogP contribution is 2.23. The normalized spacial score (nSPS) is 18.7. The Morgan fingerprint density at radius 1 is 1.25 bits per heavy atom. The lowest BCUT2D eigenvalue weighted by atomic mass is 9.94. The van der Waals surface area contributed by atoms with E-state index in [2.05, 4.69) is 11.2 Å². The topological polar surface area (TPSA) is 58.4 Å². The molecule has 1 aliphatic heterocycles. The van der Waals surface area contributed by atoms with Gasteiger partial charge in [0.25, 0.3) is 0 Å². The van der Waals surface area contributed by atoms with E-state index < -0.39 is 12.0 Å². The average Bonchev–Trinajstić information content (AvgIpc) is 2.97. The number of carbonyl (C=O) groups is 1. The number of nitrogens with zero attached hydrogens (tertiary/aromatic N) is 3. The summed E-state index contributed by atoms with van der Waals surface area (Å²) in [5, 5.41) is 13.6. The molecule has 104 valence electrons. The van der Waals surface area contributed by atoms with Crippen molar-refractivity contribution in [3.8, 4) is 0 Å². The molecule has 1 atom stereocenters. The summed E-state index contributed by atoms with van der Waals surface area (Å²) >= 11 is 0. The van der Waals surface area contributed by atoms with Crippen molar-refractivity contribution in [3.63, 3.8) is 0 Å². The summed E-state index contributed by atoms with van der Waals surface area (Å²) in [4.78, 5) is 13.5. The smallest absolute Gasteiger partial charge is 0.321 e. The van der Waals surface area contributed by atoms with Crippen LogP contribution in [0.15, 0.2) is 42.7 Å². The maximum atomic E-state index is 11.5. The summed E-state index contributed by atoms with van der Waals surface area (Å²) in [6.07, 6.45) is 4.21. The molecule has 0 unspecified atom stereocenters. The molecule has 0 spiro atoms. The average molecular weight is 271 g/mol. The first-order valence-corrected chi connectivity index (χ1v) is 6.75. The van der Waals surface area contributed by atoms with Gasteiger partial charge >= 0.3 is 5.97 Å². The second kappa shape index (κ2) is 5.46. The summed E-state index contributed by atoms with van der Waals surface area (Å²) in [5.74, 6) is -0.750. The standard InChI is InChI=1S/C15H17N3O2/c19-15(20)14-10-12-4-1-2-5-13(12)11-17(14)8-9-18-7-3-6-16-18/h1-7,14H,8-11H2,(H,19,20)/t14-/m0/s1. The fraction of sp³-hybridized carbons (Fsp3) is 0.333. The monoisotopic (exact) mass is 271 g/mol. The van der Waals surface area contributed by atoms with Crippen LogP contribution in [0.5, 0.6) is 0 Å². The van der Waals surface area contributed by atoms with E-state index in [0.29, 0.717) is 26.1 Å². The van der Waals surface area contributed by atoms with Gasteiger partial charge in [-0.3, -0.25) is 14.4 Å². The fourth-order valence-electron chi connectivity index (χ4n) is 2.72. The number of aromatic nitrogens is 2. The van der Waals surface area contributed by atoms with Crippen LogP contribution in [-0.4, -0.2) is 38.3 Å². The van der Waals surface area contributed by atoms with Crippen molar-refractivity contribution in [3.05, 3.63) is 53.9 Å². The first-order chi connectivity index (χ1) is 9.74. The van der Waals surface area contributed by atoms with Gasteiger partial charge in [-0.05, 0) is 23.6 Å². The number of benzene rings is 1. The van der Waals surface area contributed by atoms with Gasteiger partial charge in [0, 0.05) is 25.5 Å². The number of hydrogen-bond donors (Lipinski definition) is 1. The molecule has 0 saturated heterocycles. The predicted octanol–water partition coefficient (Wildman–Crippen LogP) is 1.39. The minimum atomic E-state index is -0.750. The minimum absolute atomic E-state index is 0.444. The lowest BCUT2D eigenvalue weighted by Gasteiger charge is -2.34. The number of fused-ring (bicyclic) bond motifs is 1. The highest BCUT2D eigenvalue weighted by Gasteiger charge is 2.30. The molecule has 1 aromatic heterocycles. The molecule has 2 aromatic rings. The zero-order valence-corrected chi connectivity index (χ0v) is 11.1. The van der Waals surface area contributed by atoms with Crippen molar-refractivity contribution < 1.29 is 9.90 Å². The number of carboxylic acid groups (broad SMARTS) is 1. The molecule has 0 aliphatic carbocycles. The van der Waals surface area contributed by atoms with Gasteiger partial charge in [-0.1, -0.05) is 24.3 Å². The second-order valence-corrected chi connectivity index (χ2v) is 5.07. The van der Waals surface area contributed by atoms with Gasteiger partial charge in [0.2, 0.25) is 0 Å². The Morgan fingerprint density at radius 3 is 2.75 bits per heavy atom. The first kappa shape index (κ1) is 12.9. The third kappa shape index (κ3) is 2.58. The molecule has 3 rings (SSSR count). The van der Waals surface area contributed by atoms with E-state index in [9.17, 15) is 9.90 Å². The predicted molar refractivity (Wildman–Crippen MR) is 74.2 cm³/mol. The maximum absolute atomic E-state index is 11.5. The number of carboxylic acids is 1. The number of hydrogen-bond acceptors (Lipinski definition) is 3. The quantitative estimate of drug-likeness (QED) is 0.913. The molecule has 0 saturated carbocycles. The largest absolute Gasteiger partial charge is 0.480 e. The zero-order valence-electron chi connectivity index (χ0n) is 11.1. The van der Waals surface area contributed by atoms with Crippen molar-refractivity contribution in [2.75, 3.05) is 6.54 Å². The van der Waals surface area contributed by atoms with Crippen molar-refractivity contribution in [1.82, 2.24) is 14.7 Å². The molecule has 0 amide bonds. The van der Waals surface area contributed by atoms with E-state index >= 15 is 0 Å². The van der Waals surface area contributed by atoms with Crippen LogP contribution >= 0.6 is 0 Å². The van der Waals surface area contributed by atoms with E-state index in [0.717, 1.165) is 5.56 Å². The van der Waals surface area contributed by atoms with Gasteiger partial charge in [0.15, 0.2) is 0 Å². The SMILES string of the molecule is O=C(O)[C@@H]1Cc2ccccc2CN1CCn1cccn1. The third-order valence-corrected chi connectivity index (χ3v) is 3.81. The lowest BCUT2D eigenvalue weighted by molar-refractivity contribution is -0.144. The third-order valence-electron chi connectivity index (χ3n) is 3.81. The number of aliphatic carboxylic acids is 1. The van der Waals surface area contributed by atoms with Crippen molar-refractivity contribution in [2.24, 2.45) is 0 Å². The van der Waals surface area contributed by atoms with E-state index in [1.165, 1.54) is 5.56 Å². The Labute approximate surface area is 117 Å². The summed E-state index contributed by atoms with van der Waals surface area (Å²) in [6, 6.07) is 9.51. The van der Waals surface area contributed by atoms with Crippen molar-refractivity contribution >= 4 is 5.97 Å². The molecule has 1 aliphatic rings. The van der Waals surface area contributed by atoms with Crippen LogP contribution in [0.3, 0.4) is 0 Å². The van der Waals surface area contributed by atoms with E-state index in [4.69, 9.17) is 0 Å². The number of rotatable bonds is 4. The summed E-state index contributed by atoms with van der Waals surface area (Å²) in [5.41, 5.74) is 2.38. The Balaban J connectivity index is 1.76. The van der Waals surface area contributed by atoms with E-state index in [1.54, 1.807) is 6.20 Å². The van der Waals surface area contributed by atoms with Gasteiger partial charge < -0.3 is 5.11 Å². The van der Waals surface area contributed by atoms with Crippen molar-refractivity contribution in [2.45, 2.75) is 25.6 Å². The molecule has 5 heteroatoms. The molecule has 2 heterocycles. The molecule has 1 N–H and O–H groups in total. The van der Waals surface area contributed by atoms with Gasteiger partial charge in [0.05, 0.1) is 6.54 Å². The van der Waals surface area contributed by atoms with Crippen LogP contribution < -0.4 is 0 Å². The Morgan fingerprint density at radius 2 is 2.05 bits per heavy atom. The molecule has 5 nitrogen and oxygen atoms in total. The Hall–Kier alpha value is -2.14. The highest BCUT2D eigenvalue weighted by molar-refractivity contribution is 5.74. The molecule has 0 bridgehead atoms. The van der Waals surface area contributed by atoms with Gasteiger partial charge in [-0.15, -0.1) is 0 Å². The van der Waals surface area contributed by atoms with Crippen LogP contribution in [0.1, 0.15) is 11.1 Å². The maximum Gasteiger partial charge on any atom is 0.321 e. The lowest BCUT2D eigenvalue weighted by Crippen LogP contribution is -2.46. The molecule has 0 radical (unpaired) electrons. The van der Waals surface area contributed by atoms with Crippen molar-refractivity contribution in [1.29, 1.82) is 0 Å². The second-order valence-electron chi connectivity index (χ2n) is 5.07. The van der Waals surface area contributed by atoms with E-state index in [-0.39, 0.29) is 0 Å². The fourth-order valence-corrected chi connectivity index (χ4v) is 2.72. The van der Waals surface area contributed by atoms with Crippen LogP contribution in [-0.2, 0) is 24.3 Å². The van der Waals surface area contributed by atoms with Gasteiger partial charge in [0.1, 0.15) is 6.04 Å².